The normalized spacial score (nSPS) is 14.2. The molecule has 18 heteroatoms. The predicted octanol–water partition coefficient (Wildman–Crippen LogP) is 35.1. The summed E-state index contributed by atoms with van der Waals surface area (Å²) >= 11 is 0. The molecule has 5 atom stereocenters. The molecular weight excluding hydrogens is 1700 g/mol. The average Bonchev–Trinajstić information content (AvgIpc) is 0.896. The van der Waals surface area contributed by atoms with Gasteiger partial charge in [-0.2, -0.15) is 0 Å². The zero-order valence-corrected chi connectivity index (χ0v) is 87.2. The lowest BCUT2D eigenvalue weighted by Crippen LogP contribution is -2.30. The van der Waals surface area contributed by atoms with Crippen LogP contribution in [0.15, 0.2) is 158 Å². The van der Waals surface area contributed by atoms with Gasteiger partial charge < -0.3 is 34.2 Å². The van der Waals surface area contributed by atoms with Gasteiger partial charge in [0.1, 0.15) is 25.4 Å². The highest BCUT2D eigenvalue weighted by molar-refractivity contribution is 7.47. The molecule has 0 aliphatic rings. The summed E-state index contributed by atoms with van der Waals surface area (Å²) in [4.78, 5) is 59.3. The zero-order valence-electron chi connectivity index (χ0n) is 85.4. The number of ether oxygens (including phenoxy) is 3. The maximum Gasteiger partial charge on any atom is 0.472 e. The highest BCUT2D eigenvalue weighted by Gasteiger charge is 2.30. The highest BCUT2D eigenvalue weighted by atomic mass is 31.2. The van der Waals surface area contributed by atoms with Gasteiger partial charge >= 0.3 is 33.6 Å². The molecule has 16 nitrogen and oxygen atoms in total. The predicted molar refractivity (Wildman–Crippen MR) is 565 cm³/mol. The van der Waals surface area contributed by atoms with E-state index in [0.717, 1.165) is 141 Å². The van der Waals surface area contributed by atoms with E-state index in [1.165, 1.54) is 295 Å². The van der Waals surface area contributed by atoms with Gasteiger partial charge in [0.2, 0.25) is 0 Å². The number of phosphoric acid groups is 2. The first-order valence-corrected chi connectivity index (χ1v) is 57.8. The van der Waals surface area contributed by atoms with Crippen molar-refractivity contribution in [1.82, 2.24) is 0 Å². The largest absolute Gasteiger partial charge is 0.472 e. The standard InChI is InChI=1S/C115H202O16P2/c1-4-7-10-13-16-19-22-25-28-31-34-37-40-43-46-49-51-53-54-56-58-60-62-65-68-71-74-77-80-83-86-89-92-95-98-101-113(118)125-104-110(116)105-127-132(121,122)128-106-111(117)107-129-133(123,124)130-109-112(131-115(120)103-100-97-94-91-88-85-82-79-76-73-70-67-64-59-48-45-42-39-36-33-30-27-24-21-18-15-12-9-6-3)108-126-114(119)102-99-96-93-90-87-84-81-78-75-72-69-66-63-61-57-55-52-50-47-44-41-38-35-32-29-26-23-20-17-14-11-8-5-2/h9,12,16-21,25-30,34-39,43-48,110-112,116-117H,4-8,10-11,13-15,22-24,31-33,40-42,49-109H2,1-3H3,(H,121,122)(H,123,124)/b12-9-,19-16-,20-17-,21-18-,28-25-,29-26-,30-27-,37-34-,38-35-,39-36-,46-43-,47-44-,48-45-. The minimum absolute atomic E-state index is 0.102. The summed E-state index contributed by atoms with van der Waals surface area (Å²) in [5.74, 6) is -1.55. The lowest BCUT2D eigenvalue weighted by molar-refractivity contribution is -0.161. The monoisotopic (exact) mass is 1900 g/mol. The molecule has 0 aliphatic heterocycles. The van der Waals surface area contributed by atoms with Crippen LogP contribution in [0.2, 0.25) is 0 Å². The number of phosphoric ester groups is 2. The molecule has 5 unspecified atom stereocenters. The van der Waals surface area contributed by atoms with Crippen LogP contribution in [0.5, 0.6) is 0 Å². The van der Waals surface area contributed by atoms with Crippen molar-refractivity contribution in [2.45, 2.75) is 514 Å². The summed E-state index contributed by atoms with van der Waals surface area (Å²) in [5.41, 5.74) is 0. The van der Waals surface area contributed by atoms with Gasteiger partial charge in [-0.1, -0.05) is 481 Å². The maximum absolute atomic E-state index is 13.2. The summed E-state index contributed by atoms with van der Waals surface area (Å²) in [6.07, 6.45) is 139. The van der Waals surface area contributed by atoms with Gasteiger partial charge in [-0.25, -0.2) is 9.13 Å². The number of carbonyl (C=O) groups is 3. The van der Waals surface area contributed by atoms with Crippen LogP contribution in [0, 0.1) is 0 Å². The van der Waals surface area contributed by atoms with Crippen LogP contribution in [0.25, 0.3) is 0 Å². The molecule has 0 amide bonds. The van der Waals surface area contributed by atoms with Gasteiger partial charge in [0, 0.05) is 19.3 Å². The van der Waals surface area contributed by atoms with E-state index >= 15 is 0 Å². The maximum atomic E-state index is 13.2. The van der Waals surface area contributed by atoms with Crippen molar-refractivity contribution in [3.05, 3.63) is 158 Å². The Kier molecular flexibility index (Phi) is 102. The third-order valence-corrected chi connectivity index (χ3v) is 25.6. The summed E-state index contributed by atoms with van der Waals surface area (Å²) in [5, 5.41) is 20.8. The molecule has 0 aromatic carbocycles. The van der Waals surface area contributed by atoms with Gasteiger partial charge in [0.25, 0.3) is 0 Å². The number of unbranched alkanes of at least 4 members (excludes halogenated alkanes) is 55. The van der Waals surface area contributed by atoms with Crippen LogP contribution in [0.4, 0.5) is 0 Å². The molecule has 133 heavy (non-hydrogen) atoms. The molecular formula is C115H202O16P2. The van der Waals surface area contributed by atoms with E-state index in [1.807, 2.05) is 0 Å². The van der Waals surface area contributed by atoms with Crippen molar-refractivity contribution in [3.63, 3.8) is 0 Å². The first kappa shape index (κ1) is 128. The number of esters is 3. The zero-order chi connectivity index (χ0) is 96.4. The van der Waals surface area contributed by atoms with Crippen LogP contribution in [0.3, 0.4) is 0 Å². The quantitative estimate of drug-likeness (QED) is 0.0146. The lowest BCUT2D eigenvalue weighted by Gasteiger charge is -2.21. The Morgan fingerprint density at radius 3 is 0.632 bits per heavy atom. The number of allylic oxidation sites excluding steroid dienone is 26. The molecule has 0 fully saturated rings. The second kappa shape index (κ2) is 106. The molecule has 0 saturated carbocycles. The molecule has 0 saturated heterocycles. The minimum Gasteiger partial charge on any atom is -0.463 e. The second-order valence-corrected chi connectivity index (χ2v) is 39.6. The van der Waals surface area contributed by atoms with Crippen molar-refractivity contribution in [1.29, 1.82) is 0 Å². The molecule has 0 spiro atoms. The van der Waals surface area contributed by atoms with Gasteiger partial charge in [0.05, 0.1) is 26.4 Å². The minimum atomic E-state index is -4.95. The fourth-order valence-electron chi connectivity index (χ4n) is 15.5. The van der Waals surface area contributed by atoms with Crippen molar-refractivity contribution < 1.29 is 75.8 Å². The molecule has 0 rings (SSSR count). The van der Waals surface area contributed by atoms with Crippen LogP contribution in [0.1, 0.15) is 496 Å². The first-order valence-electron chi connectivity index (χ1n) is 54.8. The number of hydrogen-bond acceptors (Lipinski definition) is 14. The molecule has 0 bridgehead atoms. The van der Waals surface area contributed by atoms with E-state index in [4.69, 9.17) is 32.3 Å². The Bertz CT molecular complexity index is 3050. The van der Waals surface area contributed by atoms with Crippen LogP contribution >= 0.6 is 15.6 Å². The third-order valence-electron chi connectivity index (χ3n) is 23.7. The highest BCUT2D eigenvalue weighted by Crippen LogP contribution is 2.45. The number of hydrogen-bond donors (Lipinski definition) is 4. The van der Waals surface area contributed by atoms with E-state index in [9.17, 15) is 43.5 Å². The van der Waals surface area contributed by atoms with E-state index < -0.39 is 91.5 Å². The topological polar surface area (TPSA) is 231 Å². The van der Waals surface area contributed by atoms with Crippen molar-refractivity contribution in [3.8, 4) is 0 Å². The van der Waals surface area contributed by atoms with E-state index in [2.05, 4.69) is 179 Å². The Labute approximate surface area is 816 Å². The Hall–Kier alpha value is -4.83. The van der Waals surface area contributed by atoms with Gasteiger partial charge in [-0.05, 0) is 154 Å². The average molecular weight is 1900 g/mol. The smallest absolute Gasteiger partial charge is 0.463 e. The summed E-state index contributed by atoms with van der Waals surface area (Å²) in [7, 11) is -9.82. The van der Waals surface area contributed by atoms with Crippen LogP contribution in [-0.2, 0) is 55.8 Å². The number of rotatable bonds is 104. The summed E-state index contributed by atoms with van der Waals surface area (Å²) in [6, 6.07) is 0. The second-order valence-electron chi connectivity index (χ2n) is 36.7. The van der Waals surface area contributed by atoms with E-state index in [1.54, 1.807) is 0 Å². The van der Waals surface area contributed by atoms with E-state index in [-0.39, 0.29) is 19.3 Å². The van der Waals surface area contributed by atoms with Crippen LogP contribution < -0.4 is 0 Å². The van der Waals surface area contributed by atoms with Gasteiger partial charge in [0.15, 0.2) is 6.10 Å². The van der Waals surface area contributed by atoms with Crippen LogP contribution in [-0.4, -0.2) is 95.9 Å². The third kappa shape index (κ3) is 107. The molecule has 768 valence electrons. The molecule has 4 N–H and O–H groups in total. The molecule has 0 aromatic heterocycles. The summed E-state index contributed by atoms with van der Waals surface area (Å²) in [6.45, 7) is 2.62. The number of aliphatic hydroxyl groups is 2. The van der Waals surface area contributed by atoms with Crippen molar-refractivity contribution in [2.75, 3.05) is 39.6 Å². The van der Waals surface area contributed by atoms with Crippen molar-refractivity contribution >= 4 is 33.6 Å². The Balaban J connectivity index is 4.57. The van der Waals surface area contributed by atoms with E-state index in [0.29, 0.717) is 19.3 Å². The Morgan fingerprint density at radius 1 is 0.218 bits per heavy atom. The van der Waals surface area contributed by atoms with Gasteiger partial charge in [-0.3, -0.25) is 32.5 Å². The van der Waals surface area contributed by atoms with Crippen molar-refractivity contribution in [2.24, 2.45) is 0 Å². The Morgan fingerprint density at radius 2 is 0.398 bits per heavy atom. The molecule has 0 heterocycles. The number of carbonyl (C=O) groups excluding carboxylic acids is 3. The summed E-state index contributed by atoms with van der Waals surface area (Å²) < 4.78 is 61.8. The van der Waals surface area contributed by atoms with Gasteiger partial charge in [-0.15, -0.1) is 0 Å². The fourth-order valence-corrected chi connectivity index (χ4v) is 17.0. The fraction of sp³-hybridized carbons (Fsp3) is 0.748. The molecule has 0 aromatic rings. The first-order chi connectivity index (χ1) is 65.2. The molecule has 0 aliphatic carbocycles. The SMILES string of the molecule is CC/C=C\C/C=C\C/C=C\C/C=C\C/C=C\CCCCCCCCCCCCCCCC(=O)OC(COC(=O)CCCCCCCCCCCCCCCCCCC/C=C\C/C=C\C/C=C\C/C=C\CCCCC)COP(=O)(O)OCC(O)COP(=O)(O)OCC(O)COC(=O)CCCCCCCCCCCCCCCCCCCCC/C=C\C/C=C\C/C=C\C/C=C\CCCCC. The molecule has 0 radical (unpaired) electrons. The lowest BCUT2D eigenvalue weighted by atomic mass is 10.0. The number of aliphatic hydroxyl groups excluding tert-OH is 2.